The molecule has 8 heteroatoms. The predicted molar refractivity (Wildman–Crippen MR) is 104 cm³/mol. The maximum Gasteiger partial charge on any atom is 0.325 e. The summed E-state index contributed by atoms with van der Waals surface area (Å²) in [5.74, 6) is 1.20. The van der Waals surface area contributed by atoms with E-state index in [2.05, 4.69) is 16.0 Å². The van der Waals surface area contributed by atoms with Crippen LogP contribution in [0, 0.1) is 17.2 Å². The number of nitriles is 1. The molecule has 7 nitrogen and oxygen atoms in total. The molecule has 2 N–H and O–H groups in total. The van der Waals surface area contributed by atoms with Crippen molar-refractivity contribution in [3.8, 4) is 11.8 Å². The number of piperidine rings is 1. The second-order valence-electron chi connectivity index (χ2n) is 6.98. The summed E-state index contributed by atoms with van der Waals surface area (Å²) >= 11 is 0. The lowest BCUT2D eigenvalue weighted by Gasteiger charge is -2.34. The minimum absolute atomic E-state index is 0.0391. The fourth-order valence-electron chi connectivity index (χ4n) is 3.74. The molecule has 2 heterocycles. The number of anilines is 1. The zero-order valence-electron chi connectivity index (χ0n) is 15.3. The maximum absolute atomic E-state index is 11.0. The molecule has 1 aromatic heterocycles. The SMILES string of the molecule is COc1ccc2c(N3CCC(CCCP(=O)(O)O)CC3)c(C#N)cnc2c1. The van der Waals surface area contributed by atoms with Crippen molar-refractivity contribution in [3.05, 3.63) is 30.0 Å². The van der Waals surface area contributed by atoms with E-state index in [1.807, 2.05) is 18.2 Å². The second-order valence-corrected chi connectivity index (χ2v) is 8.75. The Labute approximate surface area is 158 Å². The molecule has 0 saturated carbocycles. The van der Waals surface area contributed by atoms with Gasteiger partial charge >= 0.3 is 7.60 Å². The Morgan fingerprint density at radius 2 is 2.11 bits per heavy atom. The third-order valence-corrected chi connectivity index (χ3v) is 6.06. The highest BCUT2D eigenvalue weighted by Gasteiger charge is 2.24. The van der Waals surface area contributed by atoms with Gasteiger partial charge in [0.05, 0.1) is 23.9 Å². The van der Waals surface area contributed by atoms with Crippen LogP contribution in [0.5, 0.6) is 5.75 Å². The van der Waals surface area contributed by atoms with E-state index in [0.29, 0.717) is 17.9 Å². The van der Waals surface area contributed by atoms with Crippen molar-refractivity contribution in [1.29, 1.82) is 5.26 Å². The van der Waals surface area contributed by atoms with Crippen molar-refractivity contribution in [1.82, 2.24) is 4.98 Å². The van der Waals surface area contributed by atoms with E-state index in [1.54, 1.807) is 13.3 Å². The standard InChI is InChI=1S/C19H24N3O4P/c1-26-16-4-5-17-18(11-16)21-13-15(12-20)19(17)22-8-6-14(7-9-22)3-2-10-27(23,24)25/h4-5,11,13-14H,2-3,6-10H2,1H3,(H2,23,24,25). The van der Waals surface area contributed by atoms with Crippen LogP contribution in [0.15, 0.2) is 24.4 Å². The summed E-state index contributed by atoms with van der Waals surface area (Å²) in [6, 6.07) is 7.95. The Bertz CT molecular complexity index is 898. The average Bonchev–Trinajstić information content (AvgIpc) is 2.66. The first kappa shape index (κ1) is 19.6. The molecular weight excluding hydrogens is 365 g/mol. The average molecular weight is 389 g/mol. The lowest BCUT2D eigenvalue weighted by molar-refractivity contribution is 0.355. The van der Waals surface area contributed by atoms with Crippen LogP contribution in [0.25, 0.3) is 10.9 Å². The van der Waals surface area contributed by atoms with Crippen LogP contribution >= 0.6 is 7.60 Å². The van der Waals surface area contributed by atoms with Crippen LogP contribution in [0.3, 0.4) is 0 Å². The summed E-state index contributed by atoms with van der Waals surface area (Å²) in [4.78, 5) is 24.6. The summed E-state index contributed by atoms with van der Waals surface area (Å²) < 4.78 is 16.3. The van der Waals surface area contributed by atoms with Gasteiger partial charge in [-0.15, -0.1) is 0 Å². The smallest absolute Gasteiger partial charge is 0.325 e. The van der Waals surface area contributed by atoms with Gasteiger partial charge in [0.15, 0.2) is 0 Å². The van der Waals surface area contributed by atoms with E-state index in [4.69, 9.17) is 14.5 Å². The molecule has 0 amide bonds. The second kappa shape index (κ2) is 8.26. The van der Waals surface area contributed by atoms with Gasteiger partial charge in [-0.05, 0) is 43.7 Å². The van der Waals surface area contributed by atoms with Gasteiger partial charge in [-0.25, -0.2) is 0 Å². The highest BCUT2D eigenvalue weighted by Crippen LogP contribution is 2.38. The van der Waals surface area contributed by atoms with E-state index in [0.717, 1.165) is 54.7 Å². The molecular formula is C19H24N3O4P. The first-order valence-corrected chi connectivity index (χ1v) is 10.9. The number of hydrogen-bond donors (Lipinski definition) is 2. The first-order valence-electron chi connectivity index (χ1n) is 9.07. The van der Waals surface area contributed by atoms with Crippen LogP contribution in [0.4, 0.5) is 5.69 Å². The quantitative estimate of drug-likeness (QED) is 0.730. The molecule has 1 aromatic carbocycles. The number of benzene rings is 1. The molecule has 1 aliphatic heterocycles. The van der Waals surface area contributed by atoms with Crippen LogP contribution in [0.2, 0.25) is 0 Å². The Hall–Kier alpha value is -2.13. The summed E-state index contributed by atoms with van der Waals surface area (Å²) in [6.07, 6.45) is 4.86. The molecule has 0 radical (unpaired) electrons. The molecule has 0 spiro atoms. The van der Waals surface area contributed by atoms with Crippen molar-refractivity contribution in [2.75, 3.05) is 31.3 Å². The molecule has 0 unspecified atom stereocenters. The van der Waals surface area contributed by atoms with Gasteiger partial charge in [0.2, 0.25) is 0 Å². The molecule has 0 atom stereocenters. The monoisotopic (exact) mass is 389 g/mol. The number of hydrogen-bond acceptors (Lipinski definition) is 5. The molecule has 1 saturated heterocycles. The lowest BCUT2D eigenvalue weighted by atomic mass is 9.91. The molecule has 27 heavy (non-hydrogen) atoms. The van der Waals surface area contributed by atoms with E-state index in [9.17, 15) is 9.83 Å². The number of methoxy groups -OCH3 is 1. The predicted octanol–water partition coefficient (Wildman–Crippen LogP) is 3.29. The van der Waals surface area contributed by atoms with Crippen LogP contribution < -0.4 is 9.64 Å². The highest BCUT2D eigenvalue weighted by molar-refractivity contribution is 7.51. The number of nitrogens with zero attached hydrogens (tertiary/aromatic N) is 3. The summed E-state index contributed by atoms with van der Waals surface area (Å²) in [6.45, 7) is 1.64. The molecule has 144 valence electrons. The van der Waals surface area contributed by atoms with Gasteiger partial charge in [-0.2, -0.15) is 5.26 Å². The van der Waals surface area contributed by atoms with Crippen molar-refractivity contribution in [3.63, 3.8) is 0 Å². The number of ether oxygens (including phenoxy) is 1. The maximum atomic E-state index is 11.0. The fraction of sp³-hybridized carbons (Fsp3) is 0.474. The molecule has 2 aromatic rings. The van der Waals surface area contributed by atoms with Gasteiger partial charge in [-0.1, -0.05) is 0 Å². The van der Waals surface area contributed by atoms with E-state index in [1.165, 1.54) is 0 Å². The third kappa shape index (κ3) is 4.78. The molecule has 0 bridgehead atoms. The Morgan fingerprint density at radius 3 is 2.74 bits per heavy atom. The lowest BCUT2D eigenvalue weighted by Crippen LogP contribution is -2.34. The summed E-state index contributed by atoms with van der Waals surface area (Å²) in [7, 11) is -2.29. The van der Waals surface area contributed by atoms with Crippen molar-refractivity contribution in [2.45, 2.75) is 25.7 Å². The van der Waals surface area contributed by atoms with Gasteiger partial charge in [0, 0.05) is 36.9 Å². The minimum Gasteiger partial charge on any atom is -0.497 e. The molecule has 0 aliphatic carbocycles. The van der Waals surface area contributed by atoms with E-state index in [-0.39, 0.29) is 6.16 Å². The zero-order valence-corrected chi connectivity index (χ0v) is 16.2. The number of rotatable bonds is 6. The van der Waals surface area contributed by atoms with Gasteiger partial charge in [-0.3, -0.25) is 9.55 Å². The van der Waals surface area contributed by atoms with Crippen LogP contribution in [0.1, 0.15) is 31.2 Å². The largest absolute Gasteiger partial charge is 0.497 e. The highest BCUT2D eigenvalue weighted by atomic mass is 31.2. The van der Waals surface area contributed by atoms with Crippen molar-refractivity contribution < 1.29 is 19.1 Å². The summed E-state index contributed by atoms with van der Waals surface area (Å²) in [5.41, 5.74) is 2.28. The first-order chi connectivity index (χ1) is 12.9. The fourth-order valence-corrected chi connectivity index (χ4v) is 4.33. The number of aromatic nitrogens is 1. The van der Waals surface area contributed by atoms with Crippen LogP contribution in [-0.4, -0.2) is 41.1 Å². The Morgan fingerprint density at radius 1 is 1.37 bits per heavy atom. The minimum atomic E-state index is -3.90. The number of pyridine rings is 1. The zero-order chi connectivity index (χ0) is 19.4. The molecule has 1 fully saturated rings. The number of fused-ring (bicyclic) bond motifs is 1. The van der Waals surface area contributed by atoms with Crippen molar-refractivity contribution >= 4 is 24.2 Å². The normalized spacial score (nSPS) is 15.7. The van der Waals surface area contributed by atoms with E-state index < -0.39 is 7.60 Å². The van der Waals surface area contributed by atoms with Crippen LogP contribution in [-0.2, 0) is 4.57 Å². The van der Waals surface area contributed by atoms with Gasteiger partial charge in [0.1, 0.15) is 11.8 Å². The topological polar surface area (TPSA) is 107 Å². The van der Waals surface area contributed by atoms with Crippen molar-refractivity contribution in [2.24, 2.45) is 5.92 Å². The Kier molecular flexibility index (Phi) is 6.01. The molecule has 3 rings (SSSR count). The Balaban J connectivity index is 1.74. The van der Waals surface area contributed by atoms with Gasteiger partial charge in [0.25, 0.3) is 0 Å². The van der Waals surface area contributed by atoms with Gasteiger partial charge < -0.3 is 19.4 Å². The molecule has 1 aliphatic rings. The summed E-state index contributed by atoms with van der Waals surface area (Å²) in [5, 5.41) is 10.5. The third-order valence-electron chi connectivity index (χ3n) is 5.16. The van der Waals surface area contributed by atoms with E-state index >= 15 is 0 Å².